The fourth-order valence-corrected chi connectivity index (χ4v) is 2.24. The molecular weight excluding hydrogens is 343 g/mol. The summed E-state index contributed by atoms with van der Waals surface area (Å²) in [6, 6.07) is 3.47. The van der Waals surface area contributed by atoms with E-state index in [2.05, 4.69) is 22.6 Å². The summed E-state index contributed by atoms with van der Waals surface area (Å²) in [5, 5.41) is 1.22. The van der Waals surface area contributed by atoms with Crippen LogP contribution in [0.1, 0.15) is 12.5 Å². The molecule has 2 N–H and O–H groups in total. The highest BCUT2D eigenvalue weighted by atomic mass is 127. The van der Waals surface area contributed by atoms with Crippen LogP contribution in [0.4, 0.5) is 0 Å². The van der Waals surface area contributed by atoms with E-state index in [0.717, 1.165) is 5.56 Å². The van der Waals surface area contributed by atoms with Crippen LogP contribution in [0.5, 0.6) is 0 Å². The van der Waals surface area contributed by atoms with Crippen LogP contribution in [0.2, 0.25) is 15.1 Å². The maximum absolute atomic E-state index is 5.98. The van der Waals surface area contributed by atoms with E-state index in [0.29, 0.717) is 15.1 Å². The van der Waals surface area contributed by atoms with E-state index in [4.69, 9.17) is 40.5 Å². The van der Waals surface area contributed by atoms with E-state index in [1.807, 2.05) is 6.92 Å². The third-order valence-corrected chi connectivity index (χ3v) is 3.44. The van der Waals surface area contributed by atoms with E-state index < -0.39 is 3.55 Å². The topological polar surface area (TPSA) is 26.0 Å². The zero-order valence-corrected chi connectivity index (χ0v) is 11.2. The van der Waals surface area contributed by atoms with Gasteiger partial charge in [-0.05, 0) is 13.0 Å². The average molecular weight is 350 g/mol. The molecule has 0 amide bonds. The molecule has 1 nitrogen and oxygen atoms in total. The van der Waals surface area contributed by atoms with Crippen LogP contribution in [0.15, 0.2) is 12.1 Å². The van der Waals surface area contributed by atoms with Gasteiger partial charge in [0, 0.05) is 5.56 Å². The van der Waals surface area contributed by atoms with Gasteiger partial charge in [-0.15, -0.1) is 0 Å². The van der Waals surface area contributed by atoms with Crippen molar-refractivity contribution in [2.75, 3.05) is 0 Å². The molecule has 0 bridgehead atoms. The number of hydrogen-bond donors (Lipinski definition) is 1. The highest BCUT2D eigenvalue weighted by molar-refractivity contribution is 14.1. The fourth-order valence-electron chi connectivity index (χ4n) is 0.903. The first-order chi connectivity index (χ1) is 5.84. The molecule has 1 aromatic carbocycles. The SMILES string of the molecule is C[C@](N)(I)c1ccc(Cl)c(Cl)c1Cl. The van der Waals surface area contributed by atoms with Crippen molar-refractivity contribution < 1.29 is 0 Å². The minimum absolute atomic E-state index is 0.356. The molecule has 0 aliphatic carbocycles. The summed E-state index contributed by atoms with van der Waals surface area (Å²) in [5.41, 5.74) is 6.66. The summed E-state index contributed by atoms with van der Waals surface area (Å²) in [6.45, 7) is 1.85. The Morgan fingerprint density at radius 2 is 1.77 bits per heavy atom. The Kier molecular flexibility index (Phi) is 3.74. The van der Waals surface area contributed by atoms with Crippen molar-refractivity contribution in [3.05, 3.63) is 32.8 Å². The maximum Gasteiger partial charge on any atom is 0.0921 e. The third-order valence-electron chi connectivity index (χ3n) is 1.56. The van der Waals surface area contributed by atoms with Crippen molar-refractivity contribution >= 4 is 57.4 Å². The molecule has 0 saturated carbocycles. The Labute approximate surface area is 106 Å². The molecule has 1 atom stereocenters. The zero-order chi connectivity index (χ0) is 10.2. The van der Waals surface area contributed by atoms with E-state index in [1.165, 1.54) is 0 Å². The number of hydrogen-bond acceptors (Lipinski definition) is 1. The predicted molar refractivity (Wildman–Crippen MR) is 67.0 cm³/mol. The van der Waals surface area contributed by atoms with Crippen LogP contribution in [0, 0.1) is 0 Å². The lowest BCUT2D eigenvalue weighted by molar-refractivity contribution is 0.780. The third kappa shape index (κ3) is 2.63. The summed E-state index contributed by atoms with van der Waals surface area (Å²) < 4.78 is -0.539. The molecule has 0 spiro atoms. The van der Waals surface area contributed by atoms with Gasteiger partial charge in [0.1, 0.15) is 0 Å². The summed E-state index contributed by atoms with van der Waals surface area (Å²) in [6.07, 6.45) is 0. The molecule has 0 heterocycles. The number of benzene rings is 1. The molecule has 0 aliphatic rings. The Morgan fingerprint density at radius 3 is 2.23 bits per heavy atom. The highest BCUT2D eigenvalue weighted by Gasteiger charge is 2.22. The Hall–Kier alpha value is 0.780. The zero-order valence-electron chi connectivity index (χ0n) is 6.74. The van der Waals surface area contributed by atoms with Crippen LogP contribution >= 0.6 is 57.4 Å². The van der Waals surface area contributed by atoms with Crippen molar-refractivity contribution in [3.63, 3.8) is 0 Å². The van der Waals surface area contributed by atoms with Gasteiger partial charge < -0.3 is 5.73 Å². The fraction of sp³-hybridized carbons (Fsp3) is 0.250. The number of nitrogens with two attached hydrogens (primary N) is 1. The molecule has 5 heteroatoms. The van der Waals surface area contributed by atoms with Gasteiger partial charge >= 0.3 is 0 Å². The van der Waals surface area contributed by atoms with Gasteiger partial charge in [0.25, 0.3) is 0 Å². The van der Waals surface area contributed by atoms with Gasteiger partial charge in [0.05, 0.1) is 18.6 Å². The lowest BCUT2D eigenvalue weighted by Gasteiger charge is -2.19. The molecular formula is C8H7Cl3IN. The predicted octanol–water partition coefficient (Wildman–Crippen LogP) is 4.21. The van der Waals surface area contributed by atoms with E-state index in [1.54, 1.807) is 12.1 Å². The average Bonchev–Trinajstić information content (AvgIpc) is 1.98. The summed E-state index contributed by atoms with van der Waals surface area (Å²) >= 11 is 19.7. The minimum atomic E-state index is -0.539. The molecule has 0 aliphatic heterocycles. The Balaban J connectivity index is 3.35. The summed E-state index contributed by atoms with van der Waals surface area (Å²) in [5.74, 6) is 0. The minimum Gasteiger partial charge on any atom is -0.313 e. The molecule has 0 aromatic heterocycles. The molecule has 13 heavy (non-hydrogen) atoms. The lowest BCUT2D eigenvalue weighted by Crippen LogP contribution is -2.25. The first kappa shape index (κ1) is 11.9. The quantitative estimate of drug-likeness (QED) is 0.349. The van der Waals surface area contributed by atoms with E-state index >= 15 is 0 Å². The van der Waals surface area contributed by atoms with Crippen molar-refractivity contribution in [2.45, 2.75) is 10.5 Å². The molecule has 0 unspecified atom stereocenters. The Morgan fingerprint density at radius 1 is 1.23 bits per heavy atom. The molecule has 1 rings (SSSR count). The van der Waals surface area contributed by atoms with E-state index in [9.17, 15) is 0 Å². The smallest absolute Gasteiger partial charge is 0.0921 e. The molecule has 0 saturated heterocycles. The first-order valence-corrected chi connectivity index (χ1v) is 5.67. The second kappa shape index (κ2) is 4.11. The van der Waals surface area contributed by atoms with Crippen molar-refractivity contribution in [1.82, 2.24) is 0 Å². The van der Waals surface area contributed by atoms with Gasteiger partial charge in [0.15, 0.2) is 0 Å². The van der Waals surface area contributed by atoms with Crippen LogP contribution in [-0.2, 0) is 3.55 Å². The highest BCUT2D eigenvalue weighted by Crippen LogP contribution is 2.38. The Bertz CT molecular complexity index is 333. The van der Waals surface area contributed by atoms with Crippen LogP contribution in [0.25, 0.3) is 0 Å². The van der Waals surface area contributed by atoms with Gasteiger partial charge in [-0.2, -0.15) is 0 Å². The van der Waals surface area contributed by atoms with Crippen molar-refractivity contribution in [1.29, 1.82) is 0 Å². The summed E-state index contributed by atoms with van der Waals surface area (Å²) in [7, 11) is 0. The number of halogens is 4. The lowest BCUT2D eigenvalue weighted by atomic mass is 10.1. The standard InChI is InChI=1S/C8H7Cl3IN/c1-8(12,13)4-2-3-5(9)7(11)6(4)10/h2-3H,13H2,1H3/t8-/m1/s1. The monoisotopic (exact) mass is 349 g/mol. The molecule has 0 fully saturated rings. The summed E-state index contributed by atoms with van der Waals surface area (Å²) in [4.78, 5) is 0. The van der Waals surface area contributed by atoms with Crippen LogP contribution in [0.3, 0.4) is 0 Å². The maximum atomic E-state index is 5.98. The van der Waals surface area contributed by atoms with Crippen molar-refractivity contribution in [3.8, 4) is 0 Å². The van der Waals surface area contributed by atoms with Gasteiger partial charge in [0.2, 0.25) is 0 Å². The second-order valence-electron chi connectivity index (χ2n) is 2.80. The van der Waals surface area contributed by atoms with Crippen LogP contribution in [-0.4, -0.2) is 0 Å². The van der Waals surface area contributed by atoms with Gasteiger partial charge in [-0.3, -0.25) is 0 Å². The van der Waals surface area contributed by atoms with Gasteiger partial charge in [-0.25, -0.2) is 0 Å². The van der Waals surface area contributed by atoms with Gasteiger partial charge in [-0.1, -0.05) is 63.5 Å². The number of alkyl halides is 1. The molecule has 1 aromatic rings. The van der Waals surface area contributed by atoms with E-state index in [-0.39, 0.29) is 0 Å². The van der Waals surface area contributed by atoms with Crippen molar-refractivity contribution in [2.24, 2.45) is 5.73 Å². The number of rotatable bonds is 1. The molecule has 0 radical (unpaired) electrons. The first-order valence-electron chi connectivity index (χ1n) is 3.46. The van der Waals surface area contributed by atoms with Crippen LogP contribution < -0.4 is 5.73 Å². The largest absolute Gasteiger partial charge is 0.313 e. The molecule has 72 valence electrons. The second-order valence-corrected chi connectivity index (χ2v) is 6.20. The normalized spacial score (nSPS) is 15.5.